The highest BCUT2D eigenvalue weighted by molar-refractivity contribution is 7.99. The lowest BCUT2D eigenvalue weighted by molar-refractivity contribution is -0.137. The first-order valence-corrected chi connectivity index (χ1v) is 12.7. The second kappa shape index (κ2) is 13.4. The maximum absolute atomic E-state index is 12.7. The van der Waals surface area contributed by atoms with E-state index in [1.54, 1.807) is 52.6 Å². The number of aliphatic hydroxyl groups is 2. The summed E-state index contributed by atoms with van der Waals surface area (Å²) >= 11 is 1.67. The number of thioether (sulfide) groups is 1. The number of aromatic hydroxyl groups is 1. The first-order valence-electron chi connectivity index (χ1n) is 11.4. The Kier molecular flexibility index (Phi) is 11.9. The molecule has 0 aliphatic carbocycles. The van der Waals surface area contributed by atoms with Gasteiger partial charge in [-0.3, -0.25) is 14.6 Å². The van der Waals surface area contributed by atoms with Gasteiger partial charge in [0.2, 0.25) is 5.91 Å². The van der Waals surface area contributed by atoms with E-state index in [9.17, 15) is 24.9 Å². The molecule has 1 heterocycles. The average Bonchev–Trinajstić information content (AvgIpc) is 2.79. The summed E-state index contributed by atoms with van der Waals surface area (Å²) in [6, 6.07) is 0. The van der Waals surface area contributed by atoms with Crippen molar-refractivity contribution in [1.82, 2.24) is 15.6 Å². The summed E-state index contributed by atoms with van der Waals surface area (Å²) < 4.78 is 5.84. The SMILES string of the molecule is CSC(C)NCc1c(COCC(C)(C)C(=O)CCNC(=O)[C@H](O)C(C)(C)CO)cnc(C)c1O. The Morgan fingerprint density at radius 3 is 2.50 bits per heavy atom. The first kappa shape index (κ1) is 30.3. The van der Waals surface area contributed by atoms with Gasteiger partial charge < -0.3 is 30.7 Å². The maximum Gasteiger partial charge on any atom is 0.249 e. The van der Waals surface area contributed by atoms with Gasteiger partial charge in [-0.2, -0.15) is 0 Å². The third-order valence-electron chi connectivity index (χ3n) is 5.87. The number of nitrogens with one attached hydrogen (secondary N) is 2. The summed E-state index contributed by atoms with van der Waals surface area (Å²) in [6.07, 6.45) is 2.40. The highest BCUT2D eigenvalue weighted by Gasteiger charge is 2.33. The van der Waals surface area contributed by atoms with E-state index in [0.29, 0.717) is 12.2 Å². The fourth-order valence-electron chi connectivity index (χ4n) is 3.01. The molecule has 194 valence electrons. The van der Waals surface area contributed by atoms with Crippen molar-refractivity contribution in [2.45, 2.75) is 72.6 Å². The lowest BCUT2D eigenvalue weighted by atomic mass is 9.86. The quantitative estimate of drug-likeness (QED) is 0.229. The standard InChI is InChI=1S/C24H41N3O6S/c1-15-20(30)18(11-27-16(2)34-7)17(10-26-15)12-33-14-24(5,6)19(29)8-9-25-22(32)21(31)23(3,4)13-28/h10,16,21,27-28,30-31H,8-9,11-14H2,1-7H3,(H,25,32)/t16?,21-/m0/s1. The van der Waals surface area contributed by atoms with E-state index in [1.165, 1.54) is 0 Å². The number of ketones is 1. The van der Waals surface area contributed by atoms with Crippen LogP contribution < -0.4 is 10.6 Å². The van der Waals surface area contributed by atoms with Crippen LogP contribution in [0.4, 0.5) is 0 Å². The Hall–Kier alpha value is -1.72. The number of nitrogens with zero attached hydrogens (tertiary/aromatic N) is 1. The predicted molar refractivity (Wildman–Crippen MR) is 133 cm³/mol. The predicted octanol–water partition coefficient (Wildman–Crippen LogP) is 1.89. The number of aryl methyl sites for hydroxylation is 1. The summed E-state index contributed by atoms with van der Waals surface area (Å²) in [5.41, 5.74) is 0.258. The Balaban J connectivity index is 2.63. The summed E-state index contributed by atoms with van der Waals surface area (Å²) in [6.45, 7) is 11.0. The first-order chi connectivity index (χ1) is 15.8. The normalized spacial score (nSPS) is 14.0. The molecule has 2 atom stereocenters. The molecule has 1 rings (SSSR count). The van der Waals surface area contributed by atoms with Crippen LogP contribution in [-0.4, -0.2) is 69.5 Å². The van der Waals surface area contributed by atoms with Crippen molar-refractivity contribution in [2.75, 3.05) is 26.0 Å². The number of carbonyl (C=O) groups is 2. The van der Waals surface area contributed by atoms with Crippen LogP contribution in [-0.2, 0) is 27.5 Å². The van der Waals surface area contributed by atoms with Gasteiger partial charge >= 0.3 is 0 Å². The van der Waals surface area contributed by atoms with Gasteiger partial charge in [0.25, 0.3) is 0 Å². The molecule has 1 aromatic heterocycles. The van der Waals surface area contributed by atoms with E-state index < -0.39 is 22.8 Å². The van der Waals surface area contributed by atoms with Crippen molar-refractivity contribution in [2.24, 2.45) is 10.8 Å². The molecule has 0 saturated heterocycles. The molecule has 0 bridgehead atoms. The number of ether oxygens (including phenoxy) is 1. The summed E-state index contributed by atoms with van der Waals surface area (Å²) in [7, 11) is 0. The van der Waals surface area contributed by atoms with Gasteiger partial charge in [0.15, 0.2) is 0 Å². The largest absolute Gasteiger partial charge is 0.506 e. The Labute approximate surface area is 207 Å². The van der Waals surface area contributed by atoms with E-state index in [0.717, 1.165) is 11.1 Å². The van der Waals surface area contributed by atoms with Crippen LogP contribution in [0.2, 0.25) is 0 Å². The minimum atomic E-state index is -1.37. The van der Waals surface area contributed by atoms with Crippen LogP contribution in [0, 0.1) is 17.8 Å². The molecule has 0 saturated carbocycles. The van der Waals surface area contributed by atoms with Crippen LogP contribution in [0.3, 0.4) is 0 Å². The van der Waals surface area contributed by atoms with E-state index >= 15 is 0 Å². The molecule has 9 nitrogen and oxygen atoms in total. The van der Waals surface area contributed by atoms with Gasteiger partial charge in [0, 0.05) is 47.7 Å². The van der Waals surface area contributed by atoms with Gasteiger partial charge in [-0.1, -0.05) is 27.7 Å². The van der Waals surface area contributed by atoms with Gasteiger partial charge in [-0.05, 0) is 20.1 Å². The number of hydrogen-bond acceptors (Lipinski definition) is 9. The lowest BCUT2D eigenvalue weighted by Gasteiger charge is -2.27. The van der Waals surface area contributed by atoms with Crippen molar-refractivity contribution in [1.29, 1.82) is 0 Å². The smallest absolute Gasteiger partial charge is 0.249 e. The second-order valence-electron chi connectivity index (χ2n) is 9.84. The number of pyridine rings is 1. The minimum Gasteiger partial charge on any atom is -0.506 e. The van der Waals surface area contributed by atoms with Gasteiger partial charge in [-0.15, -0.1) is 11.8 Å². The molecule has 0 radical (unpaired) electrons. The molecule has 0 aliphatic heterocycles. The molecule has 0 aliphatic rings. The maximum atomic E-state index is 12.7. The van der Waals surface area contributed by atoms with E-state index in [2.05, 4.69) is 15.6 Å². The van der Waals surface area contributed by atoms with E-state index in [1.807, 2.05) is 13.2 Å². The number of Topliss-reactive ketones (excluding diaryl/α,β-unsaturated/α-hetero) is 1. The molecule has 1 unspecified atom stereocenters. The average molecular weight is 500 g/mol. The monoisotopic (exact) mass is 499 g/mol. The minimum absolute atomic E-state index is 0.0822. The Morgan fingerprint density at radius 2 is 1.91 bits per heavy atom. The number of aliphatic hydroxyl groups excluding tert-OH is 2. The highest BCUT2D eigenvalue weighted by Crippen LogP contribution is 2.26. The lowest BCUT2D eigenvalue weighted by Crippen LogP contribution is -2.46. The summed E-state index contributed by atoms with van der Waals surface area (Å²) in [5, 5.41) is 35.9. The van der Waals surface area contributed by atoms with Crippen LogP contribution in [0.1, 0.15) is 57.9 Å². The van der Waals surface area contributed by atoms with E-state index in [4.69, 9.17) is 4.74 Å². The zero-order chi connectivity index (χ0) is 26.1. The number of carbonyl (C=O) groups excluding carboxylic acids is 2. The molecule has 0 spiro atoms. The van der Waals surface area contributed by atoms with Crippen molar-refractivity contribution in [3.8, 4) is 5.75 Å². The third-order valence-corrected chi connectivity index (χ3v) is 6.75. The highest BCUT2D eigenvalue weighted by atomic mass is 32.2. The molecule has 34 heavy (non-hydrogen) atoms. The van der Waals surface area contributed by atoms with Crippen molar-refractivity contribution < 1.29 is 29.6 Å². The zero-order valence-corrected chi connectivity index (χ0v) is 22.2. The molecule has 1 aromatic rings. The fourth-order valence-corrected chi connectivity index (χ4v) is 3.26. The summed E-state index contributed by atoms with van der Waals surface area (Å²) in [4.78, 5) is 29.0. The zero-order valence-electron chi connectivity index (χ0n) is 21.4. The van der Waals surface area contributed by atoms with Gasteiger partial charge in [0.1, 0.15) is 17.6 Å². The van der Waals surface area contributed by atoms with Crippen molar-refractivity contribution in [3.05, 3.63) is 23.0 Å². The Bertz CT molecular complexity index is 831. The van der Waals surface area contributed by atoms with Crippen molar-refractivity contribution >= 4 is 23.5 Å². The number of hydrogen-bond donors (Lipinski definition) is 5. The fraction of sp³-hybridized carbons (Fsp3) is 0.708. The molecule has 0 aromatic carbocycles. The number of rotatable bonds is 15. The molecular weight excluding hydrogens is 458 g/mol. The van der Waals surface area contributed by atoms with Crippen LogP contribution in [0.15, 0.2) is 6.20 Å². The van der Waals surface area contributed by atoms with Gasteiger partial charge in [0.05, 0.1) is 30.9 Å². The van der Waals surface area contributed by atoms with Gasteiger partial charge in [-0.25, -0.2) is 0 Å². The molecular formula is C24H41N3O6S. The number of aromatic nitrogens is 1. The molecule has 5 N–H and O–H groups in total. The number of amides is 1. The topological polar surface area (TPSA) is 141 Å². The second-order valence-corrected chi connectivity index (χ2v) is 11.0. The van der Waals surface area contributed by atoms with Crippen LogP contribution in [0.5, 0.6) is 5.75 Å². The molecule has 10 heteroatoms. The third kappa shape index (κ3) is 8.81. The van der Waals surface area contributed by atoms with Crippen LogP contribution >= 0.6 is 11.8 Å². The molecule has 0 fully saturated rings. The van der Waals surface area contributed by atoms with Crippen LogP contribution in [0.25, 0.3) is 0 Å². The van der Waals surface area contributed by atoms with Crippen molar-refractivity contribution in [3.63, 3.8) is 0 Å². The molecule has 1 amide bonds. The Morgan fingerprint density at radius 1 is 1.26 bits per heavy atom. The van der Waals surface area contributed by atoms with E-state index in [-0.39, 0.29) is 49.7 Å². The summed E-state index contributed by atoms with van der Waals surface area (Å²) in [5.74, 6) is -0.576.